The zero-order valence-electron chi connectivity index (χ0n) is 10.7. The van der Waals surface area contributed by atoms with Gasteiger partial charge in [0, 0.05) is 5.33 Å². The van der Waals surface area contributed by atoms with Gasteiger partial charge in [0.05, 0.1) is 10.6 Å². The number of alkyl halides is 1. The van der Waals surface area contributed by atoms with Crippen molar-refractivity contribution in [3.05, 3.63) is 42.5 Å². The molecular weight excluding hydrogens is 324 g/mol. The molecule has 0 spiro atoms. The normalized spacial score (nSPS) is 11.8. The summed E-state index contributed by atoms with van der Waals surface area (Å²) in [6, 6.07) is 13.2. The van der Waals surface area contributed by atoms with Crippen LogP contribution in [0.4, 0.5) is 0 Å². The second-order valence-electron chi connectivity index (χ2n) is 4.58. The third-order valence-electron chi connectivity index (χ3n) is 3.13. The lowest BCUT2D eigenvalue weighted by Gasteiger charge is -2.06. The summed E-state index contributed by atoms with van der Waals surface area (Å²) in [5, 5.41) is 2.98. The molecule has 4 heteroatoms. The van der Waals surface area contributed by atoms with Crippen molar-refractivity contribution in [2.24, 2.45) is 0 Å². The van der Waals surface area contributed by atoms with Gasteiger partial charge in [0.15, 0.2) is 9.84 Å². The fraction of sp³-hybridized carbons (Fsp3) is 0.333. The summed E-state index contributed by atoms with van der Waals surface area (Å²) in [7, 11) is -3.15. The van der Waals surface area contributed by atoms with Gasteiger partial charge in [0.25, 0.3) is 0 Å². The van der Waals surface area contributed by atoms with Crippen LogP contribution in [0.15, 0.2) is 47.4 Å². The van der Waals surface area contributed by atoms with E-state index in [2.05, 4.69) is 15.9 Å². The molecule has 0 bridgehead atoms. The van der Waals surface area contributed by atoms with Gasteiger partial charge >= 0.3 is 0 Å². The van der Waals surface area contributed by atoms with Crippen LogP contribution in [0, 0.1) is 0 Å². The Kier molecular flexibility index (Phi) is 4.99. The smallest absolute Gasteiger partial charge is 0.178 e. The minimum absolute atomic E-state index is 0.234. The maximum Gasteiger partial charge on any atom is 0.178 e. The van der Waals surface area contributed by atoms with Gasteiger partial charge in [-0.05, 0) is 35.7 Å². The minimum Gasteiger partial charge on any atom is -0.224 e. The van der Waals surface area contributed by atoms with Gasteiger partial charge in [0.1, 0.15) is 0 Å². The highest BCUT2D eigenvalue weighted by atomic mass is 79.9. The molecule has 0 saturated carbocycles. The van der Waals surface area contributed by atoms with Crippen LogP contribution >= 0.6 is 15.9 Å². The van der Waals surface area contributed by atoms with Crippen LogP contribution in [0.25, 0.3) is 10.8 Å². The number of halogens is 1. The molecule has 0 saturated heterocycles. The molecule has 0 unspecified atom stereocenters. The van der Waals surface area contributed by atoms with Gasteiger partial charge < -0.3 is 0 Å². The minimum atomic E-state index is -3.15. The van der Waals surface area contributed by atoms with E-state index in [0.717, 1.165) is 35.4 Å². The number of benzene rings is 2. The van der Waals surface area contributed by atoms with Gasteiger partial charge in [-0.25, -0.2) is 8.42 Å². The van der Waals surface area contributed by atoms with E-state index in [1.807, 2.05) is 30.3 Å². The third kappa shape index (κ3) is 3.80. The topological polar surface area (TPSA) is 34.1 Å². The molecule has 0 aromatic heterocycles. The van der Waals surface area contributed by atoms with Crippen LogP contribution in [0.1, 0.15) is 19.3 Å². The predicted molar refractivity (Wildman–Crippen MR) is 83.6 cm³/mol. The first-order valence-corrected chi connectivity index (χ1v) is 9.18. The van der Waals surface area contributed by atoms with Crippen molar-refractivity contribution in [1.29, 1.82) is 0 Å². The monoisotopic (exact) mass is 340 g/mol. The maximum absolute atomic E-state index is 12.2. The molecule has 0 aliphatic carbocycles. The van der Waals surface area contributed by atoms with E-state index in [4.69, 9.17) is 0 Å². The van der Waals surface area contributed by atoms with Crippen LogP contribution in [-0.4, -0.2) is 19.5 Å². The molecule has 0 aliphatic heterocycles. The average Bonchev–Trinajstić information content (AvgIpc) is 2.43. The summed E-state index contributed by atoms with van der Waals surface area (Å²) in [5.74, 6) is 0.234. The molecule has 2 nitrogen and oxygen atoms in total. The first-order valence-electron chi connectivity index (χ1n) is 6.41. The molecular formula is C15H17BrO2S. The highest BCUT2D eigenvalue weighted by Crippen LogP contribution is 2.20. The van der Waals surface area contributed by atoms with E-state index in [9.17, 15) is 8.42 Å². The van der Waals surface area contributed by atoms with E-state index in [1.54, 1.807) is 12.1 Å². The summed E-state index contributed by atoms with van der Waals surface area (Å²) in [4.78, 5) is 0.435. The van der Waals surface area contributed by atoms with Crippen molar-refractivity contribution in [3.8, 4) is 0 Å². The quantitative estimate of drug-likeness (QED) is 0.583. The first-order chi connectivity index (χ1) is 9.13. The number of fused-ring (bicyclic) bond motifs is 1. The predicted octanol–water partition coefficient (Wildman–Crippen LogP) is 4.18. The molecule has 2 aromatic rings. The van der Waals surface area contributed by atoms with Crippen molar-refractivity contribution >= 4 is 36.5 Å². The standard InChI is InChI=1S/C15H17BrO2S/c16-10-4-1-5-11-19(17,18)15-9-8-13-6-2-3-7-14(13)12-15/h2-3,6-9,12H,1,4-5,10-11H2. The summed E-state index contributed by atoms with van der Waals surface area (Å²) in [6.07, 6.45) is 2.69. The molecule has 0 amide bonds. The summed E-state index contributed by atoms with van der Waals surface area (Å²) in [6.45, 7) is 0. The number of rotatable bonds is 6. The van der Waals surface area contributed by atoms with E-state index < -0.39 is 9.84 Å². The number of unbranched alkanes of at least 4 members (excludes halogenated alkanes) is 2. The van der Waals surface area contributed by atoms with Gasteiger partial charge in [-0.2, -0.15) is 0 Å². The highest BCUT2D eigenvalue weighted by molar-refractivity contribution is 9.09. The van der Waals surface area contributed by atoms with E-state index in [-0.39, 0.29) is 5.75 Å². The van der Waals surface area contributed by atoms with Gasteiger partial charge in [-0.3, -0.25) is 0 Å². The Bertz CT molecular complexity index is 650. The largest absolute Gasteiger partial charge is 0.224 e. The van der Waals surface area contributed by atoms with Crippen LogP contribution in [-0.2, 0) is 9.84 Å². The van der Waals surface area contributed by atoms with Crippen molar-refractivity contribution in [2.45, 2.75) is 24.2 Å². The zero-order valence-corrected chi connectivity index (χ0v) is 13.1. The molecule has 0 radical (unpaired) electrons. The molecule has 0 N–H and O–H groups in total. The fourth-order valence-electron chi connectivity index (χ4n) is 2.04. The molecule has 0 atom stereocenters. The number of hydrogen-bond donors (Lipinski definition) is 0. The Morgan fingerprint density at radius 3 is 2.37 bits per heavy atom. The average molecular weight is 341 g/mol. The fourth-order valence-corrected chi connectivity index (χ4v) is 3.84. The van der Waals surface area contributed by atoms with Crippen LogP contribution in [0.5, 0.6) is 0 Å². The van der Waals surface area contributed by atoms with Crippen LogP contribution in [0.3, 0.4) is 0 Å². The number of sulfone groups is 1. The Labute approximate surface area is 122 Å². The zero-order chi connectivity index (χ0) is 13.7. The van der Waals surface area contributed by atoms with Crippen LogP contribution in [0.2, 0.25) is 0 Å². The molecule has 0 fully saturated rings. The number of hydrogen-bond acceptors (Lipinski definition) is 2. The molecule has 2 aromatic carbocycles. The van der Waals surface area contributed by atoms with Gasteiger partial charge in [-0.1, -0.05) is 52.7 Å². The maximum atomic E-state index is 12.2. The van der Waals surface area contributed by atoms with E-state index in [0.29, 0.717) is 4.90 Å². The molecule has 2 rings (SSSR count). The molecule has 0 aliphatic rings. The summed E-state index contributed by atoms with van der Waals surface area (Å²) >= 11 is 3.35. The molecule has 19 heavy (non-hydrogen) atoms. The Hall–Kier alpha value is -0.870. The lowest BCUT2D eigenvalue weighted by atomic mass is 10.1. The second kappa shape index (κ2) is 6.53. The van der Waals surface area contributed by atoms with Crippen molar-refractivity contribution in [2.75, 3.05) is 11.1 Å². The van der Waals surface area contributed by atoms with Gasteiger partial charge in [-0.15, -0.1) is 0 Å². The lowest BCUT2D eigenvalue weighted by Crippen LogP contribution is -2.06. The Balaban J connectivity index is 2.18. The summed E-state index contributed by atoms with van der Waals surface area (Å²) in [5.41, 5.74) is 0. The lowest BCUT2D eigenvalue weighted by molar-refractivity contribution is 0.591. The Morgan fingerprint density at radius 1 is 0.895 bits per heavy atom. The third-order valence-corrected chi connectivity index (χ3v) is 5.49. The SMILES string of the molecule is O=S(=O)(CCCCCBr)c1ccc2ccccc2c1. The van der Waals surface area contributed by atoms with Gasteiger partial charge in [0.2, 0.25) is 0 Å². The molecule has 102 valence electrons. The van der Waals surface area contributed by atoms with Crippen molar-refractivity contribution in [3.63, 3.8) is 0 Å². The van der Waals surface area contributed by atoms with Crippen molar-refractivity contribution in [1.82, 2.24) is 0 Å². The summed E-state index contributed by atoms with van der Waals surface area (Å²) < 4.78 is 24.5. The highest BCUT2D eigenvalue weighted by Gasteiger charge is 2.14. The van der Waals surface area contributed by atoms with Crippen molar-refractivity contribution < 1.29 is 8.42 Å². The van der Waals surface area contributed by atoms with Crippen LogP contribution < -0.4 is 0 Å². The van der Waals surface area contributed by atoms with E-state index >= 15 is 0 Å². The Morgan fingerprint density at radius 2 is 1.63 bits per heavy atom. The second-order valence-corrected chi connectivity index (χ2v) is 7.48. The van der Waals surface area contributed by atoms with E-state index in [1.165, 1.54) is 0 Å². The molecule has 0 heterocycles. The first kappa shape index (κ1) is 14.5.